The van der Waals surface area contributed by atoms with Gasteiger partial charge in [-0.15, -0.1) is 0 Å². The lowest BCUT2D eigenvalue weighted by Gasteiger charge is -2.24. The maximum atomic E-state index is 12.5. The normalized spacial score (nSPS) is 12.3. The lowest BCUT2D eigenvalue weighted by Crippen LogP contribution is -2.41. The molecule has 0 saturated heterocycles. The van der Waals surface area contributed by atoms with E-state index in [-0.39, 0.29) is 23.0 Å². The molecule has 0 aliphatic rings. The molecule has 0 bridgehead atoms. The zero-order valence-corrected chi connectivity index (χ0v) is 17.0. The van der Waals surface area contributed by atoms with Crippen LogP contribution in [-0.4, -0.2) is 32.0 Å². The third kappa shape index (κ3) is 5.07. The van der Waals surface area contributed by atoms with Crippen LogP contribution < -0.4 is 9.62 Å². The van der Waals surface area contributed by atoms with Crippen LogP contribution in [0.2, 0.25) is 0 Å². The first-order chi connectivity index (χ1) is 13.0. The molecule has 0 aliphatic carbocycles. The van der Waals surface area contributed by atoms with Crippen molar-refractivity contribution in [2.24, 2.45) is 0 Å². The Labute approximate surface area is 164 Å². The molecule has 2 aromatic rings. The summed E-state index contributed by atoms with van der Waals surface area (Å²) in [6, 6.07) is 11.4. The summed E-state index contributed by atoms with van der Waals surface area (Å²) < 4.78 is 25.4. The van der Waals surface area contributed by atoms with Gasteiger partial charge in [0.25, 0.3) is 5.69 Å². The van der Waals surface area contributed by atoms with Crippen LogP contribution in [0, 0.1) is 24.0 Å². The molecule has 8 nitrogen and oxygen atoms in total. The maximum Gasteiger partial charge on any atom is 0.274 e. The van der Waals surface area contributed by atoms with Crippen molar-refractivity contribution in [3.63, 3.8) is 0 Å². The second-order valence-corrected chi connectivity index (χ2v) is 8.55. The highest BCUT2D eigenvalue weighted by atomic mass is 32.2. The number of hydrogen-bond donors (Lipinski definition) is 1. The second kappa shape index (κ2) is 8.39. The monoisotopic (exact) mass is 405 g/mol. The van der Waals surface area contributed by atoms with E-state index in [0.29, 0.717) is 0 Å². The number of anilines is 1. The Hall–Kier alpha value is -2.94. The first-order valence-corrected chi connectivity index (χ1v) is 10.4. The molecule has 2 aromatic carbocycles. The summed E-state index contributed by atoms with van der Waals surface area (Å²) >= 11 is 0. The van der Waals surface area contributed by atoms with Gasteiger partial charge in [0.2, 0.25) is 15.9 Å². The highest BCUT2D eigenvalue weighted by Gasteiger charge is 2.26. The molecule has 0 radical (unpaired) electrons. The van der Waals surface area contributed by atoms with E-state index in [4.69, 9.17) is 0 Å². The molecule has 0 aromatic heterocycles. The Bertz CT molecular complexity index is 987. The first kappa shape index (κ1) is 21.4. The standard InChI is InChI=1S/C19H23N3O5S/c1-13-8-10-16(11-9-13)15(3)20-19(23)12-21(28(4,26)27)17-6-5-7-18(14(17)2)22(24)25/h5-11,15H,12H2,1-4H3,(H,20,23)/t15-/m0/s1. The predicted molar refractivity (Wildman–Crippen MR) is 108 cm³/mol. The van der Waals surface area contributed by atoms with Crippen molar-refractivity contribution in [1.82, 2.24) is 5.32 Å². The van der Waals surface area contributed by atoms with Gasteiger partial charge in [-0.05, 0) is 32.4 Å². The van der Waals surface area contributed by atoms with Gasteiger partial charge in [0.05, 0.1) is 28.5 Å². The smallest absolute Gasteiger partial charge is 0.274 e. The molecule has 9 heteroatoms. The number of aryl methyl sites for hydroxylation is 1. The van der Waals surface area contributed by atoms with Crippen LogP contribution in [0.1, 0.15) is 29.7 Å². The number of nitrogens with one attached hydrogen (secondary N) is 1. The molecule has 2 rings (SSSR count). The Morgan fingerprint density at radius 1 is 1.18 bits per heavy atom. The summed E-state index contributed by atoms with van der Waals surface area (Å²) in [7, 11) is -3.83. The molecule has 0 fully saturated rings. The minimum absolute atomic E-state index is 0.106. The number of rotatable bonds is 7. The van der Waals surface area contributed by atoms with Crippen molar-refractivity contribution >= 4 is 27.3 Å². The maximum absolute atomic E-state index is 12.5. The van der Waals surface area contributed by atoms with E-state index in [1.165, 1.54) is 25.1 Å². The van der Waals surface area contributed by atoms with Gasteiger partial charge < -0.3 is 5.32 Å². The molecule has 28 heavy (non-hydrogen) atoms. The first-order valence-electron chi connectivity index (χ1n) is 8.58. The van der Waals surface area contributed by atoms with Crippen LogP contribution in [0.15, 0.2) is 42.5 Å². The number of carbonyl (C=O) groups is 1. The fourth-order valence-electron chi connectivity index (χ4n) is 2.82. The van der Waals surface area contributed by atoms with Crippen molar-refractivity contribution in [2.45, 2.75) is 26.8 Å². The van der Waals surface area contributed by atoms with Gasteiger partial charge in [0.15, 0.2) is 0 Å². The quantitative estimate of drug-likeness (QED) is 0.563. The summed E-state index contributed by atoms with van der Waals surface area (Å²) in [5, 5.41) is 13.9. The van der Waals surface area contributed by atoms with Crippen LogP contribution in [0.5, 0.6) is 0 Å². The fraction of sp³-hybridized carbons (Fsp3) is 0.316. The zero-order valence-electron chi connectivity index (χ0n) is 16.2. The van der Waals surface area contributed by atoms with E-state index in [9.17, 15) is 23.3 Å². The average Bonchev–Trinajstić information content (AvgIpc) is 2.59. The van der Waals surface area contributed by atoms with Gasteiger partial charge in [-0.2, -0.15) is 0 Å². The fourth-order valence-corrected chi connectivity index (χ4v) is 3.72. The van der Waals surface area contributed by atoms with Gasteiger partial charge in [-0.1, -0.05) is 35.9 Å². The largest absolute Gasteiger partial charge is 0.348 e. The van der Waals surface area contributed by atoms with Crippen molar-refractivity contribution in [1.29, 1.82) is 0 Å². The van der Waals surface area contributed by atoms with Gasteiger partial charge in [-0.3, -0.25) is 19.2 Å². The number of carbonyl (C=O) groups excluding carboxylic acids is 1. The van der Waals surface area contributed by atoms with E-state index in [1.54, 1.807) is 6.92 Å². The van der Waals surface area contributed by atoms with Gasteiger partial charge in [-0.25, -0.2) is 8.42 Å². The lowest BCUT2D eigenvalue weighted by molar-refractivity contribution is -0.385. The number of hydrogen-bond acceptors (Lipinski definition) is 5. The molecule has 0 unspecified atom stereocenters. The van der Waals surface area contributed by atoms with Crippen LogP contribution in [-0.2, 0) is 14.8 Å². The molecule has 1 N–H and O–H groups in total. The third-order valence-corrected chi connectivity index (χ3v) is 5.51. The van der Waals surface area contributed by atoms with Crippen LogP contribution in [0.4, 0.5) is 11.4 Å². The van der Waals surface area contributed by atoms with Crippen LogP contribution in [0.3, 0.4) is 0 Å². The van der Waals surface area contributed by atoms with Crippen molar-refractivity contribution in [2.75, 3.05) is 17.1 Å². The van der Waals surface area contributed by atoms with Crippen molar-refractivity contribution in [3.05, 3.63) is 69.3 Å². The zero-order chi connectivity index (χ0) is 21.1. The minimum Gasteiger partial charge on any atom is -0.348 e. The molecule has 0 heterocycles. The minimum atomic E-state index is -3.83. The van der Waals surface area contributed by atoms with E-state index in [1.807, 2.05) is 31.2 Å². The molecule has 0 saturated carbocycles. The summed E-state index contributed by atoms with van der Waals surface area (Å²) in [6.45, 7) is 4.74. The summed E-state index contributed by atoms with van der Waals surface area (Å²) in [5.41, 5.74) is 2.05. The van der Waals surface area contributed by atoms with E-state index < -0.39 is 27.4 Å². The highest BCUT2D eigenvalue weighted by molar-refractivity contribution is 7.92. The Morgan fingerprint density at radius 2 is 1.79 bits per heavy atom. The number of benzene rings is 2. The SMILES string of the molecule is Cc1ccc([C@H](C)NC(=O)CN(c2cccc([N+](=O)[O-])c2C)S(C)(=O)=O)cc1. The van der Waals surface area contributed by atoms with Gasteiger partial charge in [0.1, 0.15) is 6.54 Å². The average molecular weight is 405 g/mol. The molecular weight excluding hydrogens is 382 g/mol. The molecule has 150 valence electrons. The predicted octanol–water partition coefficient (Wildman–Crippen LogP) is 2.86. The van der Waals surface area contributed by atoms with Crippen LogP contribution >= 0.6 is 0 Å². The number of amides is 1. The lowest BCUT2D eigenvalue weighted by atomic mass is 10.1. The topological polar surface area (TPSA) is 110 Å². The van der Waals surface area contributed by atoms with E-state index in [2.05, 4.69) is 5.32 Å². The summed E-state index contributed by atoms with van der Waals surface area (Å²) in [4.78, 5) is 23.1. The van der Waals surface area contributed by atoms with Gasteiger partial charge >= 0.3 is 0 Å². The Kier molecular flexibility index (Phi) is 6.40. The second-order valence-electron chi connectivity index (χ2n) is 6.65. The van der Waals surface area contributed by atoms with Crippen molar-refractivity contribution in [3.8, 4) is 0 Å². The van der Waals surface area contributed by atoms with E-state index >= 15 is 0 Å². The molecule has 0 aliphatic heterocycles. The highest BCUT2D eigenvalue weighted by Crippen LogP contribution is 2.29. The summed E-state index contributed by atoms with van der Waals surface area (Å²) in [5.74, 6) is -0.510. The number of nitrogens with zero attached hydrogens (tertiary/aromatic N) is 2. The van der Waals surface area contributed by atoms with Crippen LogP contribution in [0.25, 0.3) is 0 Å². The van der Waals surface area contributed by atoms with Crippen molar-refractivity contribution < 1.29 is 18.1 Å². The Balaban J connectivity index is 2.26. The molecule has 1 atom stereocenters. The summed E-state index contributed by atoms with van der Waals surface area (Å²) in [6.07, 6.45) is 0.960. The molecule has 0 spiro atoms. The Morgan fingerprint density at radius 3 is 2.32 bits per heavy atom. The number of nitro benzene ring substituents is 1. The molecule has 1 amide bonds. The number of nitro groups is 1. The number of sulfonamides is 1. The van der Waals surface area contributed by atoms with Gasteiger partial charge in [0, 0.05) is 6.07 Å². The van der Waals surface area contributed by atoms with E-state index in [0.717, 1.165) is 21.7 Å². The molecular formula is C19H23N3O5S. The third-order valence-electron chi connectivity index (χ3n) is 4.38.